The third-order valence-corrected chi connectivity index (χ3v) is 9.28. The van der Waals surface area contributed by atoms with Crippen LogP contribution in [0.5, 0.6) is 0 Å². The summed E-state index contributed by atoms with van der Waals surface area (Å²) >= 11 is 0. The molecule has 0 aliphatic carbocycles. The van der Waals surface area contributed by atoms with Gasteiger partial charge < -0.3 is 30.9 Å². The van der Waals surface area contributed by atoms with E-state index in [4.69, 9.17) is 15.2 Å². The molecule has 0 radical (unpaired) electrons. The van der Waals surface area contributed by atoms with Gasteiger partial charge in [0.1, 0.15) is 0 Å². The number of ether oxygens (including phenoxy) is 2. The van der Waals surface area contributed by atoms with Crippen molar-refractivity contribution in [3.8, 4) is 0 Å². The van der Waals surface area contributed by atoms with Gasteiger partial charge >= 0.3 is 0 Å². The summed E-state index contributed by atoms with van der Waals surface area (Å²) < 4.78 is 13.2. The SMILES string of the molecule is Nc1ccccc1NC(=O)CCCC(=O)Nc1cccc([C@H]2O[C@@H](CN3CCN(Cc4ccccc4)CC3)C[C@@H](c3ccc(CO)cc3)O2)c1. The van der Waals surface area contributed by atoms with Gasteiger partial charge in [-0.15, -0.1) is 0 Å². The van der Waals surface area contributed by atoms with Crippen LogP contribution in [0.3, 0.4) is 0 Å². The van der Waals surface area contributed by atoms with Crippen molar-refractivity contribution in [1.29, 1.82) is 0 Å². The first-order valence-corrected chi connectivity index (χ1v) is 17.5. The molecule has 0 saturated carbocycles. The zero-order chi connectivity index (χ0) is 34.7. The number of nitrogen functional groups attached to an aromatic ring is 1. The van der Waals surface area contributed by atoms with Gasteiger partial charge in [-0.1, -0.05) is 78.9 Å². The number of nitrogens with zero attached hydrogens (tertiary/aromatic N) is 2. The Labute approximate surface area is 294 Å². The minimum atomic E-state index is -0.624. The highest BCUT2D eigenvalue weighted by Crippen LogP contribution is 2.39. The zero-order valence-corrected chi connectivity index (χ0v) is 28.4. The number of carbonyl (C=O) groups excluding carboxylic acids is 2. The summed E-state index contributed by atoms with van der Waals surface area (Å²) in [6.07, 6.45) is 0.633. The lowest BCUT2D eigenvalue weighted by Crippen LogP contribution is -2.49. The van der Waals surface area contributed by atoms with Crippen molar-refractivity contribution in [3.63, 3.8) is 0 Å². The average molecular weight is 678 g/mol. The van der Waals surface area contributed by atoms with E-state index in [1.54, 1.807) is 18.2 Å². The number of benzene rings is 4. The van der Waals surface area contributed by atoms with Gasteiger partial charge in [0, 0.05) is 69.8 Å². The molecule has 50 heavy (non-hydrogen) atoms. The number of anilines is 3. The molecular formula is C40H47N5O5. The fraction of sp³-hybridized carbons (Fsp3) is 0.350. The van der Waals surface area contributed by atoms with Crippen molar-refractivity contribution < 1.29 is 24.2 Å². The monoisotopic (exact) mass is 677 g/mol. The second kappa shape index (κ2) is 17.4. The van der Waals surface area contributed by atoms with E-state index in [2.05, 4.69) is 50.8 Å². The number of aliphatic hydroxyl groups is 1. The Balaban J connectivity index is 1.05. The van der Waals surface area contributed by atoms with E-state index in [9.17, 15) is 14.7 Å². The summed E-state index contributed by atoms with van der Waals surface area (Å²) in [4.78, 5) is 30.2. The number of nitrogens with two attached hydrogens (primary N) is 1. The first-order valence-electron chi connectivity index (χ1n) is 17.5. The van der Waals surface area contributed by atoms with E-state index in [1.807, 2.05) is 54.6 Å². The first kappa shape index (κ1) is 35.3. The summed E-state index contributed by atoms with van der Waals surface area (Å²) in [7, 11) is 0. The van der Waals surface area contributed by atoms with E-state index < -0.39 is 6.29 Å². The summed E-state index contributed by atoms with van der Waals surface area (Å²) in [5.41, 5.74) is 11.7. The van der Waals surface area contributed by atoms with E-state index in [0.717, 1.165) is 56.0 Å². The minimum absolute atomic E-state index is 0.00899. The molecule has 4 aromatic carbocycles. The fourth-order valence-corrected chi connectivity index (χ4v) is 6.51. The molecule has 0 aromatic heterocycles. The molecule has 2 aliphatic rings. The number of aliphatic hydroxyl groups excluding tert-OH is 1. The Hall–Kier alpha value is -4.58. The number of rotatable bonds is 13. The average Bonchev–Trinajstić information content (AvgIpc) is 3.14. The molecule has 2 fully saturated rings. The van der Waals surface area contributed by atoms with Gasteiger partial charge in [-0.25, -0.2) is 0 Å². The standard InChI is InChI=1S/C40H47N5O5/c41-35-12-4-5-13-36(35)43-39(48)15-7-14-38(47)42-33-11-6-10-32(24-33)40-49-34(25-37(50-40)31-18-16-30(28-46)17-19-31)27-45-22-20-44(21-23-45)26-29-8-2-1-3-9-29/h1-6,8-13,16-19,24,34,37,40,46H,7,14-15,20-23,25-28,41H2,(H,42,47)(H,43,48)/t34-,37+,40+/m1/s1. The molecule has 0 spiro atoms. The van der Waals surface area contributed by atoms with Crippen LogP contribution in [0.15, 0.2) is 103 Å². The summed E-state index contributed by atoms with van der Waals surface area (Å²) in [6, 6.07) is 33.2. The molecule has 6 rings (SSSR count). The van der Waals surface area contributed by atoms with Crippen LogP contribution in [0.4, 0.5) is 17.1 Å². The number of nitrogens with one attached hydrogen (secondary N) is 2. The maximum Gasteiger partial charge on any atom is 0.224 e. The number of para-hydroxylation sites is 2. The number of hydrogen-bond donors (Lipinski definition) is 4. The zero-order valence-electron chi connectivity index (χ0n) is 28.4. The van der Waals surface area contributed by atoms with Crippen LogP contribution < -0.4 is 16.4 Å². The lowest BCUT2D eigenvalue weighted by atomic mass is 9.99. The molecule has 2 amide bonds. The predicted octanol–water partition coefficient (Wildman–Crippen LogP) is 5.87. The Bertz CT molecular complexity index is 1690. The summed E-state index contributed by atoms with van der Waals surface area (Å²) in [5, 5.41) is 15.3. The van der Waals surface area contributed by atoms with E-state index >= 15 is 0 Å². The molecule has 2 heterocycles. The predicted molar refractivity (Wildman–Crippen MR) is 195 cm³/mol. The van der Waals surface area contributed by atoms with E-state index in [-0.39, 0.29) is 43.5 Å². The Morgan fingerprint density at radius 2 is 1.44 bits per heavy atom. The van der Waals surface area contributed by atoms with Gasteiger partial charge in [-0.2, -0.15) is 0 Å². The third kappa shape index (κ3) is 9.99. The Morgan fingerprint density at radius 3 is 2.18 bits per heavy atom. The number of piperazine rings is 1. The highest BCUT2D eigenvalue weighted by molar-refractivity contribution is 5.94. The normalized spacial score (nSPS) is 19.9. The third-order valence-electron chi connectivity index (χ3n) is 9.28. The lowest BCUT2D eigenvalue weighted by Gasteiger charge is -2.41. The second-order valence-electron chi connectivity index (χ2n) is 13.1. The summed E-state index contributed by atoms with van der Waals surface area (Å²) in [5.74, 6) is -0.362. The molecule has 4 aromatic rings. The maximum atomic E-state index is 12.8. The molecule has 2 aliphatic heterocycles. The van der Waals surface area contributed by atoms with Gasteiger partial charge in [0.25, 0.3) is 0 Å². The smallest absolute Gasteiger partial charge is 0.224 e. The highest BCUT2D eigenvalue weighted by Gasteiger charge is 2.34. The molecule has 10 nitrogen and oxygen atoms in total. The molecule has 3 atom stereocenters. The molecule has 0 unspecified atom stereocenters. The first-order chi connectivity index (χ1) is 24.4. The van der Waals surface area contributed by atoms with Crippen molar-refractivity contribution >= 4 is 28.9 Å². The Kier molecular flexibility index (Phi) is 12.3. The van der Waals surface area contributed by atoms with Gasteiger partial charge in [0.2, 0.25) is 11.8 Å². The van der Waals surface area contributed by atoms with Crippen LogP contribution in [-0.4, -0.2) is 65.5 Å². The Morgan fingerprint density at radius 1 is 0.740 bits per heavy atom. The number of carbonyl (C=O) groups is 2. The van der Waals surface area contributed by atoms with Crippen LogP contribution in [0.2, 0.25) is 0 Å². The van der Waals surface area contributed by atoms with E-state index in [0.29, 0.717) is 29.9 Å². The van der Waals surface area contributed by atoms with Crippen molar-refractivity contribution in [2.45, 2.75) is 57.3 Å². The molecule has 0 bridgehead atoms. The topological polar surface area (TPSA) is 129 Å². The molecule has 2 saturated heterocycles. The van der Waals surface area contributed by atoms with Crippen LogP contribution in [0, 0.1) is 0 Å². The molecule has 10 heteroatoms. The fourth-order valence-electron chi connectivity index (χ4n) is 6.51. The molecular weight excluding hydrogens is 630 g/mol. The van der Waals surface area contributed by atoms with Crippen LogP contribution in [0.1, 0.15) is 60.3 Å². The summed E-state index contributed by atoms with van der Waals surface area (Å²) in [6.45, 7) is 5.69. The maximum absolute atomic E-state index is 12.8. The van der Waals surface area contributed by atoms with Gasteiger partial charge in [0.15, 0.2) is 6.29 Å². The minimum Gasteiger partial charge on any atom is -0.397 e. The quantitative estimate of drug-likeness (QED) is 0.129. The van der Waals surface area contributed by atoms with Crippen LogP contribution >= 0.6 is 0 Å². The van der Waals surface area contributed by atoms with Crippen LogP contribution in [-0.2, 0) is 32.2 Å². The van der Waals surface area contributed by atoms with Crippen molar-refractivity contribution in [2.24, 2.45) is 0 Å². The largest absolute Gasteiger partial charge is 0.397 e. The molecule has 5 N–H and O–H groups in total. The van der Waals surface area contributed by atoms with Crippen molar-refractivity contribution in [1.82, 2.24) is 9.80 Å². The van der Waals surface area contributed by atoms with Crippen molar-refractivity contribution in [3.05, 3.63) is 125 Å². The highest BCUT2D eigenvalue weighted by atomic mass is 16.7. The molecule has 262 valence electrons. The van der Waals surface area contributed by atoms with Gasteiger partial charge in [0.05, 0.1) is 30.2 Å². The number of hydrogen-bond acceptors (Lipinski definition) is 8. The van der Waals surface area contributed by atoms with Gasteiger partial charge in [-0.05, 0) is 47.4 Å². The van der Waals surface area contributed by atoms with Crippen molar-refractivity contribution in [2.75, 3.05) is 49.1 Å². The van der Waals surface area contributed by atoms with E-state index in [1.165, 1.54) is 5.56 Å². The second-order valence-corrected chi connectivity index (χ2v) is 13.1. The number of amides is 2. The van der Waals surface area contributed by atoms with Gasteiger partial charge in [-0.3, -0.25) is 19.4 Å². The lowest BCUT2D eigenvalue weighted by molar-refractivity contribution is -0.253. The van der Waals surface area contributed by atoms with Crippen LogP contribution in [0.25, 0.3) is 0 Å².